The van der Waals surface area contributed by atoms with Crippen molar-refractivity contribution in [2.45, 2.75) is 65.7 Å². The third-order valence-corrected chi connectivity index (χ3v) is 3.28. The third-order valence-electron chi connectivity index (χ3n) is 3.28. The molecular weight excluding hydrogens is 248 g/mol. The van der Waals surface area contributed by atoms with Crippen LogP contribution in [0, 0.1) is 0 Å². The van der Waals surface area contributed by atoms with Gasteiger partial charge in [0.25, 0.3) is 0 Å². The fraction of sp³-hybridized carbons (Fsp3) is 0.647. The molecule has 1 N–H and O–H groups in total. The third kappa shape index (κ3) is 5.51. The van der Waals surface area contributed by atoms with Crippen LogP contribution in [0.3, 0.4) is 0 Å². The first kappa shape index (κ1) is 17.0. The summed E-state index contributed by atoms with van der Waals surface area (Å²) in [5, 5.41) is 3.51. The van der Waals surface area contributed by atoms with Crippen molar-refractivity contribution in [2.75, 3.05) is 6.54 Å². The number of nitrogens with zero attached hydrogens (tertiary/aromatic N) is 1. The number of rotatable bonds is 6. The molecule has 0 saturated heterocycles. The lowest BCUT2D eigenvalue weighted by molar-refractivity contribution is 0.133. The van der Waals surface area contributed by atoms with Crippen molar-refractivity contribution < 1.29 is 4.42 Å². The normalized spacial score (nSPS) is 12.9. The van der Waals surface area contributed by atoms with Gasteiger partial charge in [0, 0.05) is 29.7 Å². The van der Waals surface area contributed by atoms with Gasteiger partial charge in [0.05, 0.1) is 12.8 Å². The van der Waals surface area contributed by atoms with Gasteiger partial charge in [0.15, 0.2) is 0 Å². The summed E-state index contributed by atoms with van der Waals surface area (Å²) in [7, 11) is 0. The maximum Gasteiger partial charge on any atom is 0.122 e. The summed E-state index contributed by atoms with van der Waals surface area (Å²) < 4.78 is 5.69. The summed E-state index contributed by atoms with van der Waals surface area (Å²) in [4.78, 5) is 2.36. The molecule has 20 heavy (non-hydrogen) atoms. The van der Waals surface area contributed by atoms with Crippen molar-refractivity contribution in [2.24, 2.45) is 0 Å². The molecule has 0 aromatic carbocycles. The van der Waals surface area contributed by atoms with Crippen LogP contribution in [0.1, 0.15) is 52.9 Å². The molecule has 0 atom stereocenters. The summed E-state index contributed by atoms with van der Waals surface area (Å²) in [6, 6.07) is 2.06. The first-order valence-corrected chi connectivity index (χ1v) is 7.30. The molecule has 0 spiro atoms. The Morgan fingerprint density at radius 2 is 1.90 bits per heavy atom. The Balaban J connectivity index is 2.76. The summed E-state index contributed by atoms with van der Waals surface area (Å²) >= 11 is 0. The SMILES string of the molecule is C=CCN(Cc1occc1CNC(C)(C)C)C(C)(C)C. The quantitative estimate of drug-likeness (QED) is 0.799. The lowest BCUT2D eigenvalue weighted by Crippen LogP contribution is -2.41. The molecule has 0 saturated carbocycles. The fourth-order valence-electron chi connectivity index (χ4n) is 1.93. The Hall–Kier alpha value is -1.06. The van der Waals surface area contributed by atoms with Gasteiger partial charge in [0.2, 0.25) is 0 Å². The van der Waals surface area contributed by atoms with Crippen LogP contribution in [0.5, 0.6) is 0 Å². The van der Waals surface area contributed by atoms with Crippen LogP contribution in [0.15, 0.2) is 29.4 Å². The zero-order valence-electron chi connectivity index (χ0n) is 13.9. The Labute approximate surface area is 124 Å². The van der Waals surface area contributed by atoms with E-state index in [0.717, 1.165) is 25.4 Å². The molecule has 0 aliphatic heterocycles. The van der Waals surface area contributed by atoms with Crippen LogP contribution < -0.4 is 5.32 Å². The van der Waals surface area contributed by atoms with Crippen molar-refractivity contribution in [3.8, 4) is 0 Å². The van der Waals surface area contributed by atoms with Gasteiger partial charge in [-0.2, -0.15) is 0 Å². The van der Waals surface area contributed by atoms with Gasteiger partial charge >= 0.3 is 0 Å². The highest BCUT2D eigenvalue weighted by Gasteiger charge is 2.22. The van der Waals surface area contributed by atoms with E-state index in [2.05, 4.69) is 64.4 Å². The minimum Gasteiger partial charge on any atom is -0.468 e. The van der Waals surface area contributed by atoms with E-state index in [0.29, 0.717) is 0 Å². The van der Waals surface area contributed by atoms with Gasteiger partial charge in [-0.25, -0.2) is 0 Å². The molecule has 0 unspecified atom stereocenters. The molecule has 1 heterocycles. The van der Waals surface area contributed by atoms with E-state index in [9.17, 15) is 0 Å². The smallest absolute Gasteiger partial charge is 0.122 e. The molecular formula is C17H30N2O. The summed E-state index contributed by atoms with van der Waals surface area (Å²) in [5.41, 5.74) is 1.44. The molecule has 3 nitrogen and oxygen atoms in total. The van der Waals surface area contributed by atoms with Gasteiger partial charge in [-0.1, -0.05) is 6.08 Å². The number of furan rings is 1. The van der Waals surface area contributed by atoms with Gasteiger partial charge in [-0.3, -0.25) is 4.90 Å². The second kappa shape index (κ2) is 6.59. The average Bonchev–Trinajstić information content (AvgIpc) is 2.71. The van der Waals surface area contributed by atoms with Crippen LogP contribution in [0.25, 0.3) is 0 Å². The average molecular weight is 278 g/mol. The Morgan fingerprint density at radius 1 is 1.25 bits per heavy atom. The molecule has 0 radical (unpaired) electrons. The summed E-state index contributed by atoms with van der Waals surface area (Å²) in [5.74, 6) is 1.04. The van der Waals surface area contributed by atoms with E-state index in [1.54, 1.807) is 6.26 Å². The molecule has 0 fully saturated rings. The zero-order chi connectivity index (χ0) is 15.4. The number of hydrogen-bond acceptors (Lipinski definition) is 3. The topological polar surface area (TPSA) is 28.4 Å². The predicted octanol–water partition coefficient (Wildman–Crippen LogP) is 3.95. The predicted molar refractivity (Wildman–Crippen MR) is 85.7 cm³/mol. The van der Waals surface area contributed by atoms with E-state index in [1.807, 2.05) is 6.08 Å². The van der Waals surface area contributed by atoms with Crippen LogP contribution in [0.2, 0.25) is 0 Å². The maximum atomic E-state index is 5.69. The highest BCUT2D eigenvalue weighted by molar-refractivity contribution is 5.17. The van der Waals surface area contributed by atoms with Crippen LogP contribution >= 0.6 is 0 Å². The maximum absolute atomic E-state index is 5.69. The molecule has 0 aliphatic carbocycles. The Kier molecular flexibility index (Phi) is 5.60. The van der Waals surface area contributed by atoms with Crippen molar-refractivity contribution in [1.29, 1.82) is 0 Å². The van der Waals surface area contributed by atoms with Gasteiger partial charge < -0.3 is 9.73 Å². The number of hydrogen-bond donors (Lipinski definition) is 1. The first-order valence-electron chi connectivity index (χ1n) is 7.30. The van der Waals surface area contributed by atoms with E-state index in [1.165, 1.54) is 5.56 Å². The number of nitrogens with one attached hydrogen (secondary N) is 1. The van der Waals surface area contributed by atoms with Gasteiger partial charge in [-0.15, -0.1) is 6.58 Å². The van der Waals surface area contributed by atoms with Crippen molar-refractivity contribution in [3.63, 3.8) is 0 Å². The second-order valence-electron chi connectivity index (χ2n) is 7.31. The van der Waals surface area contributed by atoms with Crippen LogP contribution in [0.4, 0.5) is 0 Å². The molecule has 1 aromatic rings. The van der Waals surface area contributed by atoms with Crippen molar-refractivity contribution >= 4 is 0 Å². The van der Waals surface area contributed by atoms with Crippen molar-refractivity contribution in [3.05, 3.63) is 36.3 Å². The van der Waals surface area contributed by atoms with Crippen molar-refractivity contribution in [1.82, 2.24) is 10.2 Å². The molecule has 0 aliphatic rings. The van der Waals surface area contributed by atoms with E-state index >= 15 is 0 Å². The lowest BCUT2D eigenvalue weighted by atomic mass is 10.0. The van der Waals surface area contributed by atoms with E-state index in [4.69, 9.17) is 4.42 Å². The molecule has 1 aromatic heterocycles. The molecule has 0 amide bonds. The van der Waals surface area contributed by atoms with Crippen LogP contribution in [-0.4, -0.2) is 22.5 Å². The molecule has 3 heteroatoms. The van der Waals surface area contributed by atoms with Crippen LogP contribution in [-0.2, 0) is 13.1 Å². The van der Waals surface area contributed by atoms with E-state index < -0.39 is 0 Å². The van der Waals surface area contributed by atoms with E-state index in [-0.39, 0.29) is 11.1 Å². The minimum absolute atomic E-state index is 0.0930. The summed E-state index contributed by atoms with van der Waals surface area (Å²) in [6.07, 6.45) is 3.73. The van der Waals surface area contributed by atoms with Gasteiger partial charge in [0.1, 0.15) is 5.76 Å². The monoisotopic (exact) mass is 278 g/mol. The molecule has 114 valence electrons. The molecule has 0 bridgehead atoms. The fourth-order valence-corrected chi connectivity index (χ4v) is 1.93. The zero-order valence-corrected chi connectivity index (χ0v) is 13.9. The standard InChI is InChI=1S/C17H30N2O/c1-8-10-19(17(5,6)7)13-15-14(9-11-20-15)12-18-16(2,3)4/h8-9,11,18H,1,10,12-13H2,2-7H3. The highest BCUT2D eigenvalue weighted by atomic mass is 16.3. The lowest BCUT2D eigenvalue weighted by Gasteiger charge is -2.34. The minimum atomic E-state index is 0.0930. The summed E-state index contributed by atoms with van der Waals surface area (Å²) in [6.45, 7) is 19.5. The largest absolute Gasteiger partial charge is 0.468 e. The second-order valence-corrected chi connectivity index (χ2v) is 7.31. The Bertz CT molecular complexity index is 421. The highest BCUT2D eigenvalue weighted by Crippen LogP contribution is 2.20. The van der Waals surface area contributed by atoms with Gasteiger partial charge in [-0.05, 0) is 47.6 Å². The Morgan fingerprint density at radius 3 is 2.40 bits per heavy atom. The first-order chi connectivity index (χ1) is 9.13. The molecule has 1 rings (SSSR count).